The molecule has 1 aliphatic rings. The summed E-state index contributed by atoms with van der Waals surface area (Å²) in [7, 11) is 0. The predicted molar refractivity (Wildman–Crippen MR) is 71.6 cm³/mol. The fourth-order valence-corrected chi connectivity index (χ4v) is 2.47. The minimum atomic E-state index is -0.0382. The van der Waals surface area contributed by atoms with Gasteiger partial charge in [-0.2, -0.15) is 0 Å². The third-order valence-electron chi connectivity index (χ3n) is 2.98. The molecule has 0 aliphatic carbocycles. The number of hydrogen-bond donors (Lipinski definition) is 0. The first-order valence-corrected chi connectivity index (χ1v) is 7.05. The summed E-state index contributed by atoms with van der Waals surface area (Å²) >= 11 is 3.20. The smallest absolute Gasteiger partial charge is 0.289 e. The molecule has 0 unspecified atom stereocenters. The second kappa shape index (κ2) is 5.89. The zero-order valence-electron chi connectivity index (χ0n) is 10.7. The molecule has 4 nitrogen and oxygen atoms in total. The summed E-state index contributed by atoms with van der Waals surface area (Å²) in [5.74, 6) is 0.355. The molecule has 0 atom stereocenters. The van der Waals surface area contributed by atoms with Crippen molar-refractivity contribution in [1.82, 2.24) is 4.90 Å². The largest absolute Gasteiger partial charge is 0.444 e. The molecular formula is C13H18BrNO3. The van der Waals surface area contributed by atoms with Crippen molar-refractivity contribution in [3.8, 4) is 0 Å². The Morgan fingerprint density at radius 2 is 2.11 bits per heavy atom. The number of piperidine rings is 1. The average molecular weight is 316 g/mol. The minimum Gasteiger partial charge on any atom is -0.444 e. The van der Waals surface area contributed by atoms with Crippen LogP contribution in [0.3, 0.4) is 0 Å². The highest BCUT2D eigenvalue weighted by molar-refractivity contribution is 9.10. The van der Waals surface area contributed by atoms with E-state index in [1.807, 2.05) is 18.7 Å². The van der Waals surface area contributed by atoms with Crippen molar-refractivity contribution in [2.75, 3.05) is 13.1 Å². The van der Waals surface area contributed by atoms with Crippen LogP contribution in [0.1, 0.15) is 37.2 Å². The lowest BCUT2D eigenvalue weighted by Crippen LogP contribution is -2.41. The van der Waals surface area contributed by atoms with E-state index in [1.54, 1.807) is 12.1 Å². The highest BCUT2D eigenvalue weighted by Gasteiger charge is 2.26. The fraction of sp³-hybridized carbons (Fsp3) is 0.615. The molecule has 0 saturated carbocycles. The van der Waals surface area contributed by atoms with Gasteiger partial charge in [0.1, 0.15) is 0 Å². The maximum atomic E-state index is 12.1. The van der Waals surface area contributed by atoms with E-state index in [-0.39, 0.29) is 18.1 Å². The van der Waals surface area contributed by atoms with Crippen molar-refractivity contribution in [2.24, 2.45) is 0 Å². The first kappa shape index (κ1) is 13.6. The Kier molecular flexibility index (Phi) is 4.45. The number of rotatable bonds is 3. The Hall–Kier alpha value is -0.810. The van der Waals surface area contributed by atoms with Crippen molar-refractivity contribution < 1.29 is 13.9 Å². The van der Waals surface area contributed by atoms with Crippen LogP contribution in [0.4, 0.5) is 0 Å². The van der Waals surface area contributed by atoms with Crippen LogP contribution in [0, 0.1) is 0 Å². The molecule has 2 heterocycles. The number of halogens is 1. The Labute approximate surface area is 115 Å². The van der Waals surface area contributed by atoms with Crippen LogP contribution in [-0.4, -0.2) is 36.1 Å². The van der Waals surface area contributed by atoms with Gasteiger partial charge in [0.05, 0.1) is 12.2 Å². The number of nitrogens with zero attached hydrogens (tertiary/aromatic N) is 1. The molecule has 0 aromatic carbocycles. The van der Waals surface area contributed by atoms with Crippen LogP contribution in [0.2, 0.25) is 0 Å². The highest BCUT2D eigenvalue weighted by atomic mass is 79.9. The van der Waals surface area contributed by atoms with Crippen LogP contribution >= 0.6 is 15.9 Å². The van der Waals surface area contributed by atoms with Crippen LogP contribution in [0.5, 0.6) is 0 Å². The summed E-state index contributed by atoms with van der Waals surface area (Å²) < 4.78 is 11.6. The lowest BCUT2D eigenvalue weighted by molar-refractivity contribution is -0.0240. The van der Waals surface area contributed by atoms with E-state index in [4.69, 9.17) is 9.15 Å². The molecule has 1 saturated heterocycles. The van der Waals surface area contributed by atoms with Crippen LogP contribution in [0.15, 0.2) is 21.2 Å². The first-order chi connectivity index (χ1) is 8.56. The molecule has 2 rings (SSSR count). The topological polar surface area (TPSA) is 42.7 Å². The lowest BCUT2D eigenvalue weighted by atomic mass is 10.1. The second-order valence-electron chi connectivity index (χ2n) is 4.78. The van der Waals surface area contributed by atoms with E-state index in [9.17, 15) is 4.79 Å². The van der Waals surface area contributed by atoms with Crippen molar-refractivity contribution in [1.29, 1.82) is 0 Å². The molecule has 5 heteroatoms. The molecule has 1 aromatic rings. The van der Waals surface area contributed by atoms with Gasteiger partial charge in [0.25, 0.3) is 5.91 Å². The third kappa shape index (κ3) is 3.36. The van der Waals surface area contributed by atoms with E-state index in [0.717, 1.165) is 25.9 Å². The SMILES string of the molecule is CC(C)OC1CCN(C(=O)c2ccc(Br)o2)CC1. The number of ether oxygens (including phenoxy) is 1. The molecule has 0 spiro atoms. The normalized spacial score (nSPS) is 17.4. The van der Waals surface area contributed by atoms with Gasteiger partial charge in [0.15, 0.2) is 10.4 Å². The molecule has 100 valence electrons. The van der Waals surface area contributed by atoms with Crippen LogP contribution in [0.25, 0.3) is 0 Å². The maximum Gasteiger partial charge on any atom is 0.289 e. The number of carbonyl (C=O) groups excluding carboxylic acids is 1. The lowest BCUT2D eigenvalue weighted by Gasteiger charge is -2.32. The van der Waals surface area contributed by atoms with Crippen molar-refractivity contribution in [2.45, 2.75) is 38.9 Å². The van der Waals surface area contributed by atoms with Crippen LogP contribution < -0.4 is 0 Å². The van der Waals surface area contributed by atoms with Gasteiger partial charge in [-0.05, 0) is 54.8 Å². The average Bonchev–Trinajstić information content (AvgIpc) is 2.75. The molecule has 0 radical (unpaired) electrons. The summed E-state index contributed by atoms with van der Waals surface area (Å²) in [6, 6.07) is 3.44. The maximum absolute atomic E-state index is 12.1. The van der Waals surface area contributed by atoms with Gasteiger partial charge < -0.3 is 14.1 Å². The van der Waals surface area contributed by atoms with Gasteiger partial charge in [0, 0.05) is 13.1 Å². The molecule has 1 fully saturated rings. The minimum absolute atomic E-state index is 0.0382. The van der Waals surface area contributed by atoms with Gasteiger partial charge >= 0.3 is 0 Å². The van der Waals surface area contributed by atoms with E-state index in [2.05, 4.69) is 15.9 Å². The number of hydrogen-bond acceptors (Lipinski definition) is 3. The summed E-state index contributed by atoms with van der Waals surface area (Å²) in [4.78, 5) is 13.9. The van der Waals surface area contributed by atoms with E-state index >= 15 is 0 Å². The number of amides is 1. The Bertz CT molecular complexity index is 408. The van der Waals surface area contributed by atoms with Crippen molar-refractivity contribution >= 4 is 21.8 Å². The summed E-state index contributed by atoms with van der Waals surface area (Å²) in [6.07, 6.45) is 2.31. The quantitative estimate of drug-likeness (QED) is 0.861. The Balaban J connectivity index is 1.88. The first-order valence-electron chi connectivity index (χ1n) is 6.26. The summed E-state index contributed by atoms with van der Waals surface area (Å²) in [6.45, 7) is 5.54. The molecule has 1 aliphatic heterocycles. The van der Waals surface area contributed by atoms with Gasteiger partial charge in [-0.3, -0.25) is 4.79 Å². The molecule has 1 aromatic heterocycles. The predicted octanol–water partition coefficient (Wildman–Crippen LogP) is 3.07. The molecule has 1 amide bonds. The molecule has 0 bridgehead atoms. The third-order valence-corrected chi connectivity index (χ3v) is 3.40. The molecule has 0 N–H and O–H groups in total. The van der Waals surface area contributed by atoms with Gasteiger partial charge in [-0.15, -0.1) is 0 Å². The van der Waals surface area contributed by atoms with E-state index < -0.39 is 0 Å². The summed E-state index contributed by atoms with van der Waals surface area (Å²) in [5, 5.41) is 0. The van der Waals surface area contributed by atoms with Gasteiger partial charge in [-0.25, -0.2) is 0 Å². The monoisotopic (exact) mass is 315 g/mol. The molecule has 18 heavy (non-hydrogen) atoms. The van der Waals surface area contributed by atoms with Crippen LogP contribution in [-0.2, 0) is 4.74 Å². The Morgan fingerprint density at radius 3 is 2.61 bits per heavy atom. The molecular weight excluding hydrogens is 298 g/mol. The van der Waals surface area contributed by atoms with Gasteiger partial charge in [0.2, 0.25) is 0 Å². The fourth-order valence-electron chi connectivity index (χ4n) is 2.16. The van der Waals surface area contributed by atoms with E-state index in [1.165, 1.54) is 0 Å². The van der Waals surface area contributed by atoms with Crippen molar-refractivity contribution in [3.05, 3.63) is 22.6 Å². The standard InChI is InChI=1S/C13H18BrNO3/c1-9(2)17-10-5-7-15(8-6-10)13(16)11-3-4-12(14)18-11/h3-4,9-10H,5-8H2,1-2H3. The van der Waals surface area contributed by atoms with Gasteiger partial charge in [-0.1, -0.05) is 0 Å². The van der Waals surface area contributed by atoms with E-state index in [0.29, 0.717) is 10.4 Å². The Morgan fingerprint density at radius 1 is 1.44 bits per heavy atom. The number of likely N-dealkylation sites (tertiary alicyclic amines) is 1. The van der Waals surface area contributed by atoms with Crippen molar-refractivity contribution in [3.63, 3.8) is 0 Å². The number of furan rings is 1. The number of carbonyl (C=O) groups is 1. The zero-order chi connectivity index (χ0) is 13.1. The summed E-state index contributed by atoms with van der Waals surface area (Å²) in [5.41, 5.74) is 0. The highest BCUT2D eigenvalue weighted by Crippen LogP contribution is 2.20. The second-order valence-corrected chi connectivity index (χ2v) is 5.56. The zero-order valence-corrected chi connectivity index (χ0v) is 12.3.